The van der Waals surface area contributed by atoms with Crippen LogP contribution in [0, 0.1) is 11.3 Å². The highest BCUT2D eigenvalue weighted by Crippen LogP contribution is 2.60. The van der Waals surface area contributed by atoms with Gasteiger partial charge in [-0.15, -0.1) is 0 Å². The van der Waals surface area contributed by atoms with Crippen LogP contribution in [0.3, 0.4) is 0 Å². The van der Waals surface area contributed by atoms with E-state index < -0.39 is 0 Å². The van der Waals surface area contributed by atoms with Crippen LogP contribution in [0.4, 0.5) is 22.7 Å². The molecule has 0 bridgehead atoms. The molecule has 2 heteroatoms. The van der Waals surface area contributed by atoms with E-state index in [0.29, 0.717) is 5.92 Å². The molecule has 2 heterocycles. The predicted molar refractivity (Wildman–Crippen MR) is 238 cm³/mol. The Bertz CT molecular complexity index is 2910. The zero-order valence-corrected chi connectivity index (χ0v) is 32.7. The van der Waals surface area contributed by atoms with Crippen molar-refractivity contribution in [3.8, 4) is 11.1 Å². The van der Waals surface area contributed by atoms with Gasteiger partial charge in [0.2, 0.25) is 0 Å². The van der Waals surface area contributed by atoms with Crippen LogP contribution in [0.1, 0.15) is 52.5 Å². The van der Waals surface area contributed by atoms with Crippen LogP contribution >= 0.6 is 0 Å². The number of nitrogens with zero attached hydrogens (tertiary/aromatic N) is 2. The van der Waals surface area contributed by atoms with Crippen LogP contribution in [-0.2, 0) is 5.41 Å². The Kier molecular flexibility index (Phi) is 7.23. The summed E-state index contributed by atoms with van der Waals surface area (Å²) in [5.74, 6) is 0.427. The largest absolute Gasteiger partial charge is 0.313 e. The van der Waals surface area contributed by atoms with Gasteiger partial charge in [-0.1, -0.05) is 137 Å². The lowest BCUT2D eigenvalue weighted by molar-refractivity contribution is 0.330. The maximum atomic E-state index is 2.66. The van der Waals surface area contributed by atoms with E-state index in [1.165, 1.54) is 77.3 Å². The molecule has 0 saturated carbocycles. The summed E-state index contributed by atoms with van der Waals surface area (Å²) in [6.07, 6.45) is 13.0. The maximum absolute atomic E-state index is 2.66. The summed E-state index contributed by atoms with van der Waals surface area (Å²) in [4.78, 5) is 5.08. The number of hydrogen-bond acceptors (Lipinski definition) is 2. The van der Waals surface area contributed by atoms with E-state index in [9.17, 15) is 0 Å². The standard InChI is InChI=1S/C54H46N2/c1-53(2)45-18-9-10-21-50(45)56-51-30-27-41(34-48(51)54(3,4)47-20-12-19-46(53)52(47)56)38-23-24-40-33-43(29-26-39(40)31-38)55(42-28-25-35-13-5-6-15-37(35)32-42)49-22-11-16-36-14-7-8-17-44(36)49/h5-8,10-17,19,21-34,47H,9,18,20H2,1-4H3. The molecule has 2 nitrogen and oxygen atoms in total. The summed E-state index contributed by atoms with van der Waals surface area (Å²) >= 11 is 0. The third kappa shape index (κ3) is 4.88. The van der Waals surface area contributed by atoms with Gasteiger partial charge in [-0.2, -0.15) is 0 Å². The molecule has 1 atom stereocenters. The molecule has 272 valence electrons. The van der Waals surface area contributed by atoms with E-state index >= 15 is 0 Å². The second-order valence-electron chi connectivity index (χ2n) is 17.3. The van der Waals surface area contributed by atoms with Gasteiger partial charge >= 0.3 is 0 Å². The topological polar surface area (TPSA) is 6.48 Å². The molecule has 0 radical (unpaired) electrons. The average molecular weight is 723 g/mol. The summed E-state index contributed by atoms with van der Waals surface area (Å²) in [6, 6.07) is 52.0. The van der Waals surface area contributed by atoms with Gasteiger partial charge < -0.3 is 9.80 Å². The number of hydrogen-bond donors (Lipinski definition) is 0. The zero-order chi connectivity index (χ0) is 37.8. The van der Waals surface area contributed by atoms with E-state index in [-0.39, 0.29) is 10.8 Å². The van der Waals surface area contributed by atoms with Crippen LogP contribution in [0.15, 0.2) is 186 Å². The van der Waals surface area contributed by atoms with Gasteiger partial charge in [0.15, 0.2) is 0 Å². The lowest BCUT2D eigenvalue weighted by Crippen LogP contribution is -2.48. The van der Waals surface area contributed by atoms with Crippen LogP contribution in [0.2, 0.25) is 0 Å². The van der Waals surface area contributed by atoms with Gasteiger partial charge in [-0.05, 0) is 129 Å². The number of fused-ring (bicyclic) bond motifs is 6. The fraction of sp³-hybridized carbons (Fsp3) is 0.185. The predicted octanol–water partition coefficient (Wildman–Crippen LogP) is 14.9. The Morgan fingerprint density at radius 2 is 1.25 bits per heavy atom. The molecule has 2 aliphatic carbocycles. The molecule has 56 heavy (non-hydrogen) atoms. The van der Waals surface area contributed by atoms with E-state index in [1.807, 2.05) is 0 Å². The monoisotopic (exact) mass is 722 g/mol. The van der Waals surface area contributed by atoms with Crippen molar-refractivity contribution in [2.24, 2.45) is 11.3 Å². The van der Waals surface area contributed by atoms with Gasteiger partial charge in [0.1, 0.15) is 0 Å². The summed E-state index contributed by atoms with van der Waals surface area (Å²) in [5.41, 5.74) is 14.8. The number of benzene rings is 7. The molecule has 0 spiro atoms. The molecule has 0 aromatic heterocycles. The molecular formula is C54H46N2. The average Bonchev–Trinajstić information content (AvgIpc) is 3.23. The molecular weight excluding hydrogens is 677 g/mol. The normalized spacial score (nSPS) is 19.0. The molecule has 1 unspecified atom stereocenters. The first-order chi connectivity index (χ1) is 27.3. The molecule has 2 aliphatic heterocycles. The van der Waals surface area contributed by atoms with Gasteiger partial charge in [0, 0.05) is 50.6 Å². The fourth-order valence-corrected chi connectivity index (χ4v) is 10.5. The number of allylic oxidation sites excluding steroid dienone is 7. The summed E-state index contributed by atoms with van der Waals surface area (Å²) in [6.45, 7) is 9.86. The van der Waals surface area contributed by atoms with Crippen molar-refractivity contribution in [3.63, 3.8) is 0 Å². The third-order valence-electron chi connectivity index (χ3n) is 13.5. The fourth-order valence-electron chi connectivity index (χ4n) is 10.5. The summed E-state index contributed by atoms with van der Waals surface area (Å²) < 4.78 is 0. The zero-order valence-electron chi connectivity index (χ0n) is 32.7. The van der Waals surface area contributed by atoms with E-state index in [4.69, 9.17) is 0 Å². The number of anilines is 4. The van der Waals surface area contributed by atoms with Gasteiger partial charge in [-0.3, -0.25) is 0 Å². The van der Waals surface area contributed by atoms with E-state index in [2.05, 4.69) is 201 Å². The van der Waals surface area contributed by atoms with Crippen LogP contribution < -0.4 is 9.80 Å². The lowest BCUT2D eigenvalue weighted by Gasteiger charge is -2.55. The van der Waals surface area contributed by atoms with Crippen LogP contribution in [0.5, 0.6) is 0 Å². The molecule has 7 aromatic rings. The first-order valence-electron chi connectivity index (χ1n) is 20.3. The van der Waals surface area contributed by atoms with Gasteiger partial charge in [-0.25, -0.2) is 0 Å². The summed E-state index contributed by atoms with van der Waals surface area (Å²) in [5, 5.41) is 7.42. The molecule has 0 saturated heterocycles. The molecule has 0 N–H and O–H groups in total. The maximum Gasteiger partial charge on any atom is 0.0540 e. The lowest BCUT2D eigenvalue weighted by atomic mass is 9.59. The van der Waals surface area contributed by atoms with Crippen molar-refractivity contribution in [2.75, 3.05) is 9.80 Å². The minimum atomic E-state index is -0.0146. The smallest absolute Gasteiger partial charge is 0.0540 e. The second-order valence-corrected chi connectivity index (χ2v) is 17.3. The molecule has 4 aliphatic rings. The second kappa shape index (κ2) is 12.2. The highest BCUT2D eigenvalue weighted by Gasteiger charge is 2.50. The molecule has 7 aromatic carbocycles. The highest BCUT2D eigenvalue weighted by atomic mass is 15.2. The van der Waals surface area contributed by atoms with E-state index in [0.717, 1.165) is 30.6 Å². The van der Waals surface area contributed by atoms with Crippen molar-refractivity contribution in [1.29, 1.82) is 0 Å². The molecule has 0 amide bonds. The van der Waals surface area contributed by atoms with Gasteiger partial charge in [0.05, 0.1) is 5.69 Å². The first kappa shape index (κ1) is 33.2. The van der Waals surface area contributed by atoms with Crippen molar-refractivity contribution in [1.82, 2.24) is 0 Å². The van der Waals surface area contributed by atoms with Crippen LogP contribution in [-0.4, -0.2) is 0 Å². The Morgan fingerprint density at radius 1 is 0.589 bits per heavy atom. The first-order valence-corrected chi connectivity index (χ1v) is 20.3. The Labute approximate surface area is 330 Å². The van der Waals surface area contributed by atoms with Crippen molar-refractivity contribution < 1.29 is 0 Å². The van der Waals surface area contributed by atoms with Crippen molar-refractivity contribution in [3.05, 3.63) is 192 Å². The van der Waals surface area contributed by atoms with Crippen LogP contribution in [0.25, 0.3) is 43.4 Å². The Balaban J connectivity index is 1.02. The van der Waals surface area contributed by atoms with Crippen molar-refractivity contribution in [2.45, 2.75) is 52.4 Å². The molecule has 11 rings (SSSR count). The van der Waals surface area contributed by atoms with Gasteiger partial charge in [0.25, 0.3) is 0 Å². The quantitative estimate of drug-likeness (QED) is 0.178. The molecule has 0 fully saturated rings. The van der Waals surface area contributed by atoms with Crippen molar-refractivity contribution >= 4 is 55.1 Å². The Hall–Kier alpha value is -6.12. The minimum Gasteiger partial charge on any atom is -0.313 e. The summed E-state index contributed by atoms with van der Waals surface area (Å²) in [7, 11) is 0. The highest BCUT2D eigenvalue weighted by molar-refractivity contribution is 6.01. The number of rotatable bonds is 4. The minimum absolute atomic E-state index is 0.0146. The third-order valence-corrected chi connectivity index (χ3v) is 13.5. The SMILES string of the molecule is CC1(C)C2=C3C(CC=C2)C(C)(C)c2cc(-c4ccc5cc(N(c6ccc7ccccc7c6)c6cccc7ccccc67)ccc5c4)ccc2N3C2=C1CCC=C2. The Morgan fingerprint density at radius 3 is 2.09 bits per heavy atom. The van der Waals surface area contributed by atoms with E-state index in [1.54, 1.807) is 5.57 Å².